The van der Waals surface area contributed by atoms with Crippen LogP contribution < -0.4 is 0 Å². The molecule has 26 heavy (non-hydrogen) atoms. The molecule has 0 radical (unpaired) electrons. The van der Waals surface area contributed by atoms with Crippen LogP contribution in [0.2, 0.25) is 0 Å². The zero-order valence-electron chi connectivity index (χ0n) is 16.8. The van der Waals surface area contributed by atoms with E-state index < -0.39 is 4.87 Å². The van der Waals surface area contributed by atoms with Gasteiger partial charge in [0.25, 0.3) is 0 Å². The molecule has 0 aromatic rings. The third kappa shape index (κ3) is 8.78. The molecule has 0 aliphatic heterocycles. The van der Waals surface area contributed by atoms with Gasteiger partial charge in [0.1, 0.15) is 0 Å². The third-order valence-corrected chi connectivity index (χ3v) is 5.79. The second-order valence-corrected chi connectivity index (χ2v) is 9.18. The van der Waals surface area contributed by atoms with Crippen molar-refractivity contribution in [3.63, 3.8) is 0 Å². The highest BCUT2D eigenvalue weighted by atomic mass is 35.5. The number of nitrogens with zero attached hydrogens (tertiary/aromatic N) is 2. The van der Waals surface area contributed by atoms with E-state index in [0.717, 1.165) is 30.7 Å². The van der Waals surface area contributed by atoms with Crippen molar-refractivity contribution in [3.8, 4) is 0 Å². The molecule has 6 heteroatoms. The van der Waals surface area contributed by atoms with Gasteiger partial charge in [-0.25, -0.2) is 0 Å². The number of rotatable bonds is 11. The van der Waals surface area contributed by atoms with E-state index in [2.05, 4.69) is 32.3 Å². The van der Waals surface area contributed by atoms with Gasteiger partial charge in [-0.05, 0) is 59.0 Å². The second-order valence-electron chi connectivity index (χ2n) is 6.88. The van der Waals surface area contributed by atoms with Gasteiger partial charge in [0.15, 0.2) is 0 Å². The maximum atomic E-state index is 6.89. The summed E-state index contributed by atoms with van der Waals surface area (Å²) in [6.45, 7) is 15.7. The van der Waals surface area contributed by atoms with Crippen LogP contribution in [-0.4, -0.2) is 33.6 Å². The van der Waals surface area contributed by atoms with Crippen molar-refractivity contribution in [3.05, 3.63) is 23.4 Å². The molecule has 0 heterocycles. The predicted octanol–water partition coefficient (Wildman–Crippen LogP) is 7.60. The fourth-order valence-corrected chi connectivity index (χ4v) is 3.69. The Morgan fingerprint density at radius 3 is 2.27 bits per heavy atom. The summed E-state index contributed by atoms with van der Waals surface area (Å²) in [6.07, 6.45) is 4.72. The van der Waals surface area contributed by atoms with Crippen LogP contribution in [-0.2, 0) is 0 Å². The van der Waals surface area contributed by atoms with E-state index in [1.165, 1.54) is 0 Å². The van der Waals surface area contributed by atoms with Crippen LogP contribution in [0, 0.1) is 5.92 Å². The number of halogens is 4. The smallest absolute Gasteiger partial charge is 0.0762 e. The molecule has 4 atom stereocenters. The van der Waals surface area contributed by atoms with E-state index in [0.29, 0.717) is 22.5 Å². The van der Waals surface area contributed by atoms with Crippen molar-refractivity contribution < 1.29 is 0 Å². The Bertz CT molecular complexity index is 548. The van der Waals surface area contributed by atoms with Crippen LogP contribution in [0.3, 0.4) is 0 Å². The fraction of sp³-hybridized carbons (Fsp3) is 0.700. The molecular formula is C20H32Cl4N2. The SMILES string of the molecule is C=C(Cl)C(=N/C(C)=C\C(C)=NC(CC)C(C)(Cl)C(C)CCCCl)C(C)Cl. The lowest BCUT2D eigenvalue weighted by Crippen LogP contribution is -2.39. The lowest BCUT2D eigenvalue weighted by atomic mass is 9.84. The van der Waals surface area contributed by atoms with Crippen molar-refractivity contribution in [1.82, 2.24) is 0 Å². The molecule has 150 valence electrons. The van der Waals surface area contributed by atoms with Gasteiger partial charge in [-0.2, -0.15) is 0 Å². The molecule has 0 saturated heterocycles. The normalized spacial score (nSPS) is 19.7. The minimum absolute atomic E-state index is 0.0111. The van der Waals surface area contributed by atoms with Gasteiger partial charge in [-0.1, -0.05) is 32.0 Å². The Morgan fingerprint density at radius 1 is 1.27 bits per heavy atom. The van der Waals surface area contributed by atoms with Gasteiger partial charge in [0, 0.05) is 17.3 Å². The molecule has 0 rings (SSSR count). The molecular weight excluding hydrogens is 410 g/mol. The summed E-state index contributed by atoms with van der Waals surface area (Å²) in [5.41, 5.74) is 2.21. The molecule has 0 N–H and O–H groups in total. The van der Waals surface area contributed by atoms with Gasteiger partial charge in [0.2, 0.25) is 0 Å². The van der Waals surface area contributed by atoms with Crippen molar-refractivity contribution >= 4 is 57.8 Å². The van der Waals surface area contributed by atoms with Gasteiger partial charge >= 0.3 is 0 Å². The van der Waals surface area contributed by atoms with Crippen molar-refractivity contribution in [2.75, 3.05) is 5.88 Å². The number of hydrogen-bond donors (Lipinski definition) is 0. The zero-order valence-corrected chi connectivity index (χ0v) is 19.8. The second kappa shape index (κ2) is 12.4. The van der Waals surface area contributed by atoms with Gasteiger partial charge in [0.05, 0.1) is 27.0 Å². The first-order valence-electron chi connectivity index (χ1n) is 9.02. The molecule has 4 unspecified atom stereocenters. The summed E-state index contributed by atoms with van der Waals surface area (Å²) in [5, 5.41) is 0.0422. The van der Waals surface area contributed by atoms with E-state index in [1.54, 1.807) is 0 Å². The highest BCUT2D eigenvalue weighted by Gasteiger charge is 2.36. The lowest BCUT2D eigenvalue weighted by Gasteiger charge is -2.35. The fourth-order valence-electron chi connectivity index (χ4n) is 2.78. The van der Waals surface area contributed by atoms with E-state index in [9.17, 15) is 0 Å². The lowest BCUT2D eigenvalue weighted by molar-refractivity contribution is 0.334. The summed E-state index contributed by atoms with van der Waals surface area (Å²) in [6, 6.07) is 0.0111. The number of alkyl halides is 3. The Morgan fingerprint density at radius 2 is 1.85 bits per heavy atom. The number of hydrogen-bond acceptors (Lipinski definition) is 2. The monoisotopic (exact) mass is 440 g/mol. The van der Waals surface area contributed by atoms with Crippen LogP contribution in [0.5, 0.6) is 0 Å². The summed E-state index contributed by atoms with van der Waals surface area (Å²) in [4.78, 5) is 8.90. The average Bonchev–Trinajstić information content (AvgIpc) is 2.54. The topological polar surface area (TPSA) is 24.7 Å². The Kier molecular flexibility index (Phi) is 12.4. The summed E-state index contributed by atoms with van der Waals surface area (Å²) in [5.74, 6) is 0.972. The zero-order chi connectivity index (χ0) is 20.5. The number of allylic oxidation sites excluding steroid dienone is 3. The summed E-state index contributed by atoms with van der Waals surface area (Å²) >= 11 is 24.8. The Hall–Kier alpha value is -0.0200. The van der Waals surface area contributed by atoms with Gasteiger partial charge in [-0.3, -0.25) is 9.98 Å². The highest BCUT2D eigenvalue weighted by molar-refractivity contribution is 6.49. The molecule has 0 fully saturated rings. The van der Waals surface area contributed by atoms with E-state index in [-0.39, 0.29) is 11.4 Å². The van der Waals surface area contributed by atoms with Crippen LogP contribution in [0.15, 0.2) is 33.4 Å². The summed E-state index contributed by atoms with van der Waals surface area (Å²) in [7, 11) is 0. The van der Waals surface area contributed by atoms with E-state index in [1.807, 2.05) is 26.8 Å². The first kappa shape index (κ1) is 26.0. The van der Waals surface area contributed by atoms with Crippen molar-refractivity contribution in [1.29, 1.82) is 0 Å². The van der Waals surface area contributed by atoms with Crippen LogP contribution in [0.25, 0.3) is 0 Å². The Balaban J connectivity index is 5.47. The molecule has 0 aliphatic carbocycles. The standard InChI is InChI=1S/C20H32Cl4N2/c1-8-18(20(7,24)13(2)10-9-11-21)25-14(3)12-15(4)26-19(16(5)22)17(6)23/h12-13,17-18H,5,8-11H2,1-4,6-7H3/b15-12-,25-14?,26-19?. The highest BCUT2D eigenvalue weighted by Crippen LogP contribution is 2.35. The largest absolute Gasteiger partial charge is 0.285 e. The number of aliphatic imine (C=N–C) groups is 2. The maximum absolute atomic E-state index is 6.89. The van der Waals surface area contributed by atoms with Crippen LogP contribution in [0.1, 0.15) is 60.8 Å². The molecule has 0 spiro atoms. The molecule has 0 bridgehead atoms. The molecule has 0 aromatic carbocycles. The predicted molar refractivity (Wildman–Crippen MR) is 122 cm³/mol. The third-order valence-electron chi connectivity index (χ3n) is 4.50. The van der Waals surface area contributed by atoms with Crippen LogP contribution in [0.4, 0.5) is 0 Å². The molecule has 0 amide bonds. The van der Waals surface area contributed by atoms with Crippen molar-refractivity contribution in [2.24, 2.45) is 15.9 Å². The first-order chi connectivity index (χ1) is 12.0. The average molecular weight is 442 g/mol. The van der Waals surface area contributed by atoms with Gasteiger partial charge in [-0.15, -0.1) is 34.8 Å². The molecule has 2 nitrogen and oxygen atoms in total. The minimum Gasteiger partial charge on any atom is -0.285 e. The van der Waals surface area contributed by atoms with Crippen molar-refractivity contribution in [2.45, 2.75) is 77.1 Å². The minimum atomic E-state index is -0.423. The molecule has 0 aliphatic rings. The molecule has 0 aromatic heterocycles. The molecule has 0 saturated carbocycles. The maximum Gasteiger partial charge on any atom is 0.0762 e. The van der Waals surface area contributed by atoms with E-state index in [4.69, 9.17) is 51.4 Å². The summed E-state index contributed by atoms with van der Waals surface area (Å²) < 4.78 is 0. The first-order valence-corrected chi connectivity index (χ1v) is 10.7. The Labute approximate surface area is 179 Å². The van der Waals surface area contributed by atoms with Gasteiger partial charge < -0.3 is 0 Å². The van der Waals surface area contributed by atoms with E-state index >= 15 is 0 Å². The van der Waals surface area contributed by atoms with Crippen LogP contribution >= 0.6 is 46.4 Å². The quantitative estimate of drug-likeness (QED) is 0.233.